The Hall–Kier alpha value is -0.390. The summed E-state index contributed by atoms with van der Waals surface area (Å²) >= 11 is 0. The number of hydrogen-bond acceptors (Lipinski definition) is 4. The summed E-state index contributed by atoms with van der Waals surface area (Å²) in [6.45, 7) is 1.17. The standard InChI is InChI=1S/C4H9F3N2O4S2/c1-3-9(2)15(12,13)8-14(10,11)4(5,6)7/h8H,3H2,1-2H3. The molecule has 0 aliphatic heterocycles. The fourth-order valence-electron chi connectivity index (χ4n) is 0.419. The molecule has 0 spiro atoms. The third kappa shape index (κ3) is 3.59. The molecule has 0 aromatic heterocycles. The molecule has 0 radical (unpaired) electrons. The molecule has 11 heteroatoms. The third-order valence-corrected chi connectivity index (χ3v) is 4.78. The summed E-state index contributed by atoms with van der Waals surface area (Å²) in [6, 6.07) is 0. The third-order valence-electron chi connectivity index (χ3n) is 1.38. The summed E-state index contributed by atoms with van der Waals surface area (Å²) in [6.07, 6.45) is 0. The molecular weight excluding hydrogens is 261 g/mol. The van der Waals surface area contributed by atoms with Crippen LogP contribution in [0.15, 0.2) is 0 Å². The van der Waals surface area contributed by atoms with Crippen LogP contribution < -0.4 is 4.13 Å². The molecule has 0 fully saturated rings. The van der Waals surface area contributed by atoms with Gasteiger partial charge in [-0.3, -0.25) is 0 Å². The highest BCUT2D eigenvalue weighted by Gasteiger charge is 2.48. The van der Waals surface area contributed by atoms with Crippen molar-refractivity contribution in [2.45, 2.75) is 12.4 Å². The van der Waals surface area contributed by atoms with Crippen molar-refractivity contribution >= 4 is 20.2 Å². The van der Waals surface area contributed by atoms with Gasteiger partial charge in [-0.25, -0.2) is 8.42 Å². The normalized spacial score (nSPS) is 14.5. The van der Waals surface area contributed by atoms with Crippen LogP contribution in [0.1, 0.15) is 6.92 Å². The number of halogens is 3. The molecule has 15 heavy (non-hydrogen) atoms. The summed E-state index contributed by atoms with van der Waals surface area (Å²) in [5.74, 6) is 0. The number of sulfonamides is 1. The van der Waals surface area contributed by atoms with E-state index in [1.165, 1.54) is 6.92 Å². The molecule has 1 N–H and O–H groups in total. The first kappa shape index (κ1) is 14.6. The maximum Gasteiger partial charge on any atom is 0.512 e. The smallest absolute Gasteiger partial charge is 0.202 e. The lowest BCUT2D eigenvalue weighted by Gasteiger charge is -2.16. The molecule has 0 amide bonds. The van der Waals surface area contributed by atoms with E-state index in [2.05, 4.69) is 0 Å². The van der Waals surface area contributed by atoms with Crippen molar-refractivity contribution in [1.82, 2.24) is 8.43 Å². The first-order valence-electron chi connectivity index (χ1n) is 3.50. The number of alkyl halides is 3. The number of rotatable bonds is 4. The summed E-state index contributed by atoms with van der Waals surface area (Å²) in [7, 11) is -9.63. The van der Waals surface area contributed by atoms with Crippen LogP contribution in [0.25, 0.3) is 0 Å². The van der Waals surface area contributed by atoms with E-state index in [1.807, 2.05) is 0 Å². The molecule has 92 valence electrons. The highest BCUT2D eigenvalue weighted by atomic mass is 32.3. The minimum absolute atomic E-state index is 0.164. The van der Waals surface area contributed by atoms with Gasteiger partial charge in [-0.1, -0.05) is 11.1 Å². The van der Waals surface area contributed by atoms with E-state index in [9.17, 15) is 30.0 Å². The Kier molecular flexibility index (Phi) is 4.12. The van der Waals surface area contributed by atoms with E-state index in [0.29, 0.717) is 8.43 Å². The Morgan fingerprint density at radius 2 is 1.60 bits per heavy atom. The molecule has 0 atom stereocenters. The Morgan fingerprint density at radius 3 is 1.87 bits per heavy atom. The summed E-state index contributed by atoms with van der Waals surface area (Å²) in [5, 5.41) is 0. The second-order valence-electron chi connectivity index (χ2n) is 2.45. The SMILES string of the molecule is CCN(C)S(=O)(=O)NS(=O)(=O)C(F)(F)F. The molecule has 0 aromatic carbocycles. The largest absolute Gasteiger partial charge is 0.512 e. The molecule has 6 nitrogen and oxygen atoms in total. The van der Waals surface area contributed by atoms with Crippen molar-refractivity contribution in [3.05, 3.63) is 0 Å². The zero-order valence-corrected chi connectivity index (χ0v) is 9.37. The quantitative estimate of drug-likeness (QED) is 0.755. The highest BCUT2D eigenvalue weighted by molar-refractivity contribution is 8.04. The molecule has 0 saturated heterocycles. The Labute approximate surface area is 85.3 Å². The summed E-state index contributed by atoms with van der Waals surface area (Å²) < 4.78 is 79.2. The monoisotopic (exact) mass is 270 g/mol. The van der Waals surface area contributed by atoms with Crippen LogP contribution in [0, 0.1) is 0 Å². The van der Waals surface area contributed by atoms with Crippen molar-refractivity contribution in [1.29, 1.82) is 0 Å². The predicted molar refractivity (Wildman–Crippen MR) is 45.3 cm³/mol. The maximum absolute atomic E-state index is 11.8. The molecule has 0 rings (SSSR count). The van der Waals surface area contributed by atoms with E-state index in [1.54, 1.807) is 0 Å². The zero-order chi connectivity index (χ0) is 12.5. The Balaban J connectivity index is 5.09. The number of nitrogens with zero attached hydrogens (tertiary/aromatic N) is 1. The van der Waals surface area contributed by atoms with Gasteiger partial charge in [0.05, 0.1) is 0 Å². The van der Waals surface area contributed by atoms with Crippen LogP contribution in [0.5, 0.6) is 0 Å². The number of hydrogen-bond donors (Lipinski definition) is 1. The first-order chi connectivity index (χ1) is 6.44. The predicted octanol–water partition coefficient (Wildman–Crippen LogP) is -0.378. The van der Waals surface area contributed by atoms with Crippen LogP contribution in [0.4, 0.5) is 13.2 Å². The number of nitrogens with one attached hydrogen (secondary N) is 1. The molecule has 0 saturated carbocycles. The van der Waals surface area contributed by atoms with Gasteiger partial charge in [-0.15, -0.1) is 0 Å². The van der Waals surface area contributed by atoms with E-state index in [4.69, 9.17) is 0 Å². The van der Waals surface area contributed by atoms with E-state index < -0.39 is 25.7 Å². The molecule has 0 aliphatic carbocycles. The van der Waals surface area contributed by atoms with Gasteiger partial charge in [-0.2, -0.15) is 25.9 Å². The van der Waals surface area contributed by atoms with Crippen molar-refractivity contribution in [3.8, 4) is 0 Å². The van der Waals surface area contributed by atoms with Crippen molar-refractivity contribution in [3.63, 3.8) is 0 Å². The van der Waals surface area contributed by atoms with Gasteiger partial charge >= 0.3 is 15.5 Å². The van der Waals surface area contributed by atoms with E-state index >= 15 is 0 Å². The van der Waals surface area contributed by atoms with E-state index in [0.717, 1.165) is 7.05 Å². The van der Waals surface area contributed by atoms with Crippen LogP contribution in [0.3, 0.4) is 0 Å². The molecule has 0 aromatic rings. The van der Waals surface area contributed by atoms with Gasteiger partial charge in [0, 0.05) is 13.6 Å². The highest BCUT2D eigenvalue weighted by Crippen LogP contribution is 2.22. The molecule has 0 bridgehead atoms. The first-order valence-corrected chi connectivity index (χ1v) is 6.42. The minimum atomic E-state index is -5.89. The van der Waals surface area contributed by atoms with Crippen molar-refractivity contribution in [2.24, 2.45) is 0 Å². The topological polar surface area (TPSA) is 83.6 Å². The fourth-order valence-corrected chi connectivity index (χ4v) is 2.76. The van der Waals surface area contributed by atoms with Crippen LogP contribution in [-0.4, -0.2) is 40.2 Å². The second kappa shape index (κ2) is 4.23. The summed E-state index contributed by atoms with van der Waals surface area (Å²) in [4.78, 5) is 0. The lowest BCUT2D eigenvalue weighted by molar-refractivity contribution is -0.0441. The molecule has 0 unspecified atom stereocenters. The van der Waals surface area contributed by atoms with Crippen LogP contribution in [0.2, 0.25) is 0 Å². The average molecular weight is 270 g/mol. The van der Waals surface area contributed by atoms with Crippen molar-refractivity contribution in [2.75, 3.05) is 13.6 Å². The van der Waals surface area contributed by atoms with Gasteiger partial charge in [0.2, 0.25) is 0 Å². The van der Waals surface area contributed by atoms with Gasteiger partial charge in [-0.05, 0) is 0 Å². The van der Waals surface area contributed by atoms with Gasteiger partial charge < -0.3 is 0 Å². The maximum atomic E-state index is 11.8. The van der Waals surface area contributed by atoms with Gasteiger partial charge in [0.15, 0.2) is 0 Å². The molecule has 0 aliphatic rings. The van der Waals surface area contributed by atoms with Gasteiger partial charge in [0.25, 0.3) is 10.2 Å². The Bertz CT molecular complexity index is 412. The minimum Gasteiger partial charge on any atom is -0.202 e. The Morgan fingerprint density at radius 1 is 1.20 bits per heavy atom. The van der Waals surface area contributed by atoms with Gasteiger partial charge in [0.1, 0.15) is 0 Å². The molecule has 0 heterocycles. The molecular formula is C4H9F3N2O4S2. The van der Waals surface area contributed by atoms with Crippen LogP contribution in [-0.2, 0) is 20.2 Å². The lowest BCUT2D eigenvalue weighted by atomic mass is 10.8. The summed E-state index contributed by atoms with van der Waals surface area (Å²) in [5.41, 5.74) is -5.66. The fraction of sp³-hybridized carbons (Fsp3) is 1.00. The lowest BCUT2D eigenvalue weighted by Crippen LogP contribution is -2.46. The van der Waals surface area contributed by atoms with Crippen molar-refractivity contribution < 1.29 is 30.0 Å². The average Bonchev–Trinajstić information content (AvgIpc) is 1.98. The second-order valence-corrected chi connectivity index (χ2v) is 6.16. The van der Waals surface area contributed by atoms with E-state index in [-0.39, 0.29) is 6.54 Å². The zero-order valence-electron chi connectivity index (χ0n) is 7.74. The van der Waals surface area contributed by atoms with Crippen LogP contribution >= 0.6 is 0 Å².